The summed E-state index contributed by atoms with van der Waals surface area (Å²) in [4.78, 5) is 25.7. The third-order valence-corrected chi connectivity index (χ3v) is 4.61. The van der Waals surface area contributed by atoms with Crippen molar-refractivity contribution < 1.29 is 18.4 Å². The van der Waals surface area contributed by atoms with E-state index in [1.54, 1.807) is 33.2 Å². The van der Waals surface area contributed by atoms with Gasteiger partial charge in [-0.25, -0.2) is 13.6 Å². The number of anilines is 1. The number of urea groups is 1. The molecular weight excluding hydrogens is 378 g/mol. The van der Waals surface area contributed by atoms with Crippen LogP contribution in [0.15, 0.2) is 48.7 Å². The van der Waals surface area contributed by atoms with E-state index in [-0.39, 0.29) is 18.0 Å². The van der Waals surface area contributed by atoms with E-state index in [9.17, 15) is 18.4 Å². The molecule has 0 saturated heterocycles. The summed E-state index contributed by atoms with van der Waals surface area (Å²) in [6.07, 6.45) is 1.81. The molecule has 1 heterocycles. The zero-order chi connectivity index (χ0) is 21.1. The van der Waals surface area contributed by atoms with Crippen LogP contribution >= 0.6 is 0 Å². The summed E-state index contributed by atoms with van der Waals surface area (Å²) in [6.45, 7) is 1.84. The van der Waals surface area contributed by atoms with Crippen molar-refractivity contribution in [3.05, 3.63) is 65.9 Å². The minimum absolute atomic E-state index is 0.0221. The first-order valence-corrected chi connectivity index (χ1v) is 9.06. The van der Waals surface area contributed by atoms with Gasteiger partial charge in [-0.15, -0.1) is 0 Å². The molecular formula is C21H22F2N4O2. The summed E-state index contributed by atoms with van der Waals surface area (Å²) in [5, 5.41) is 6.20. The minimum Gasteiger partial charge on any atom is -0.347 e. The molecule has 2 aromatic carbocycles. The number of halogens is 2. The molecule has 0 fully saturated rings. The van der Waals surface area contributed by atoms with Crippen LogP contribution < -0.4 is 10.6 Å². The van der Waals surface area contributed by atoms with Gasteiger partial charge in [0.15, 0.2) is 0 Å². The lowest BCUT2D eigenvalue weighted by Crippen LogP contribution is -2.31. The zero-order valence-electron chi connectivity index (χ0n) is 16.4. The van der Waals surface area contributed by atoms with Crippen molar-refractivity contribution in [3.8, 4) is 0 Å². The number of likely N-dealkylation sites (N-methyl/N-ethyl adjacent to an activating group) is 1. The summed E-state index contributed by atoms with van der Waals surface area (Å²) < 4.78 is 28.7. The summed E-state index contributed by atoms with van der Waals surface area (Å²) in [7, 11) is 3.40. The number of aromatic nitrogens is 1. The van der Waals surface area contributed by atoms with Gasteiger partial charge < -0.3 is 20.1 Å². The van der Waals surface area contributed by atoms with Crippen LogP contribution in [0, 0.1) is 11.6 Å². The maximum Gasteiger partial charge on any atom is 0.319 e. The number of carbonyl (C=O) groups is 2. The number of carbonyl (C=O) groups excluding carboxylic acids is 2. The van der Waals surface area contributed by atoms with Crippen LogP contribution in [0.3, 0.4) is 0 Å². The molecule has 0 aliphatic heterocycles. The van der Waals surface area contributed by atoms with E-state index in [0.717, 1.165) is 23.0 Å². The van der Waals surface area contributed by atoms with Crippen molar-refractivity contribution in [2.75, 3.05) is 19.4 Å². The molecule has 0 radical (unpaired) electrons. The Hall–Kier alpha value is -3.42. The molecule has 0 spiro atoms. The van der Waals surface area contributed by atoms with Crippen LogP contribution in [-0.4, -0.2) is 35.5 Å². The second-order valence-corrected chi connectivity index (χ2v) is 6.99. The molecule has 0 aliphatic carbocycles. The summed E-state index contributed by atoms with van der Waals surface area (Å²) >= 11 is 0. The highest BCUT2D eigenvalue weighted by Gasteiger charge is 2.15. The molecule has 6 nitrogen and oxygen atoms in total. The van der Waals surface area contributed by atoms with Crippen LogP contribution in [0.2, 0.25) is 0 Å². The van der Waals surface area contributed by atoms with Crippen molar-refractivity contribution in [3.63, 3.8) is 0 Å². The second-order valence-electron chi connectivity index (χ2n) is 6.99. The van der Waals surface area contributed by atoms with E-state index in [1.807, 2.05) is 22.9 Å². The lowest BCUT2D eigenvalue weighted by Gasteiger charge is -2.16. The fourth-order valence-corrected chi connectivity index (χ4v) is 3.00. The van der Waals surface area contributed by atoms with Crippen LogP contribution in [0.25, 0.3) is 10.9 Å². The third kappa shape index (κ3) is 4.71. The smallest absolute Gasteiger partial charge is 0.319 e. The van der Waals surface area contributed by atoms with Crippen molar-refractivity contribution in [2.45, 2.75) is 19.5 Å². The molecule has 0 bridgehead atoms. The lowest BCUT2D eigenvalue weighted by atomic mass is 10.1. The fraction of sp³-hybridized carbons (Fsp3) is 0.238. The maximum atomic E-state index is 13.9. The normalized spacial score (nSPS) is 11.9. The number of nitrogens with zero attached hydrogens (tertiary/aromatic N) is 2. The number of nitrogens with one attached hydrogen (secondary N) is 2. The summed E-state index contributed by atoms with van der Waals surface area (Å²) in [5.74, 6) is -1.41. The average Bonchev–Trinajstić information content (AvgIpc) is 3.03. The van der Waals surface area contributed by atoms with Crippen LogP contribution in [0.4, 0.5) is 19.3 Å². The Balaban J connectivity index is 1.68. The van der Waals surface area contributed by atoms with Crippen LogP contribution in [-0.2, 0) is 11.3 Å². The van der Waals surface area contributed by atoms with Crippen LogP contribution in [0.1, 0.15) is 18.5 Å². The largest absolute Gasteiger partial charge is 0.347 e. The Labute approximate surface area is 167 Å². The summed E-state index contributed by atoms with van der Waals surface area (Å²) in [6, 6.07) is 9.27. The van der Waals surface area contributed by atoms with Gasteiger partial charge in [-0.05, 0) is 37.3 Å². The molecule has 2 N–H and O–H groups in total. The van der Waals surface area contributed by atoms with Crippen molar-refractivity contribution in [2.24, 2.45) is 0 Å². The Morgan fingerprint density at radius 1 is 1.10 bits per heavy atom. The lowest BCUT2D eigenvalue weighted by molar-refractivity contribution is -0.129. The number of fused-ring (bicyclic) bond motifs is 1. The number of rotatable bonds is 5. The van der Waals surface area contributed by atoms with Crippen molar-refractivity contribution in [1.29, 1.82) is 0 Å². The van der Waals surface area contributed by atoms with Crippen molar-refractivity contribution in [1.82, 2.24) is 14.8 Å². The Bertz CT molecular complexity index is 1060. The molecule has 1 unspecified atom stereocenters. The van der Waals surface area contributed by atoms with Gasteiger partial charge in [0, 0.05) is 48.5 Å². The Morgan fingerprint density at radius 2 is 1.86 bits per heavy atom. The van der Waals surface area contributed by atoms with Gasteiger partial charge >= 0.3 is 6.03 Å². The highest BCUT2D eigenvalue weighted by Crippen LogP contribution is 2.22. The van der Waals surface area contributed by atoms with E-state index < -0.39 is 23.7 Å². The van der Waals surface area contributed by atoms with Gasteiger partial charge in [0.25, 0.3) is 0 Å². The highest BCUT2D eigenvalue weighted by molar-refractivity contribution is 5.93. The zero-order valence-corrected chi connectivity index (χ0v) is 16.4. The molecule has 3 rings (SSSR count). The van der Waals surface area contributed by atoms with Gasteiger partial charge in [0.2, 0.25) is 5.91 Å². The average molecular weight is 400 g/mol. The van der Waals surface area contributed by atoms with E-state index in [2.05, 4.69) is 10.6 Å². The quantitative estimate of drug-likeness (QED) is 0.682. The first kappa shape index (κ1) is 20.3. The number of benzene rings is 2. The molecule has 0 saturated carbocycles. The molecule has 152 valence electrons. The molecule has 8 heteroatoms. The van der Waals surface area contributed by atoms with E-state index >= 15 is 0 Å². The van der Waals surface area contributed by atoms with Gasteiger partial charge in [-0.1, -0.05) is 6.07 Å². The van der Waals surface area contributed by atoms with Crippen LogP contribution in [0.5, 0.6) is 0 Å². The SMILES string of the molecule is CC(NC(=O)Nc1ccc2c(ccn2CC(=O)N(C)C)c1)c1ccc(F)cc1F. The van der Waals surface area contributed by atoms with E-state index in [0.29, 0.717) is 5.69 Å². The monoisotopic (exact) mass is 400 g/mol. The second kappa shape index (κ2) is 8.30. The van der Waals surface area contributed by atoms with Gasteiger partial charge in [0.05, 0.1) is 6.04 Å². The van der Waals surface area contributed by atoms with E-state index in [4.69, 9.17) is 0 Å². The number of hydrogen-bond donors (Lipinski definition) is 2. The minimum atomic E-state index is -0.715. The molecule has 29 heavy (non-hydrogen) atoms. The highest BCUT2D eigenvalue weighted by atomic mass is 19.1. The van der Waals surface area contributed by atoms with E-state index in [1.165, 1.54) is 11.0 Å². The van der Waals surface area contributed by atoms with Gasteiger partial charge in [0.1, 0.15) is 18.2 Å². The first-order chi connectivity index (χ1) is 13.7. The van der Waals surface area contributed by atoms with Gasteiger partial charge in [-0.3, -0.25) is 4.79 Å². The molecule has 0 aliphatic rings. The summed E-state index contributed by atoms with van der Waals surface area (Å²) in [5.41, 5.74) is 1.62. The fourth-order valence-electron chi connectivity index (χ4n) is 3.00. The van der Waals surface area contributed by atoms with Crippen molar-refractivity contribution >= 4 is 28.5 Å². The van der Waals surface area contributed by atoms with Gasteiger partial charge in [-0.2, -0.15) is 0 Å². The topological polar surface area (TPSA) is 66.4 Å². The Morgan fingerprint density at radius 3 is 2.55 bits per heavy atom. The third-order valence-electron chi connectivity index (χ3n) is 4.61. The molecule has 3 aromatic rings. The maximum absolute atomic E-state index is 13.9. The first-order valence-electron chi connectivity index (χ1n) is 9.06. The molecule has 1 atom stereocenters. The number of hydrogen-bond acceptors (Lipinski definition) is 2. The predicted octanol–water partition coefficient (Wildman–Crippen LogP) is 3.89. The Kier molecular flexibility index (Phi) is 5.81. The molecule has 3 amide bonds. The number of amides is 3. The standard InChI is InChI=1S/C21H22F2N4O2/c1-13(17-6-4-15(22)11-18(17)23)24-21(29)25-16-5-7-19-14(10-16)8-9-27(19)12-20(28)26(2)3/h4-11,13H,12H2,1-3H3,(H2,24,25,29). The predicted molar refractivity (Wildman–Crippen MR) is 108 cm³/mol. The molecule has 1 aromatic heterocycles.